The van der Waals surface area contributed by atoms with Gasteiger partial charge in [-0.05, 0) is 37.0 Å². The molecule has 3 aliphatic heterocycles. The first-order valence-electron chi connectivity index (χ1n) is 10.7. The molecule has 0 saturated carbocycles. The molecule has 0 aromatic heterocycles. The minimum Gasteiger partial charge on any atom is -0.348 e. The van der Waals surface area contributed by atoms with E-state index in [4.69, 9.17) is 11.6 Å². The van der Waals surface area contributed by atoms with E-state index in [1.807, 2.05) is 24.3 Å². The first-order chi connectivity index (χ1) is 14.8. The van der Waals surface area contributed by atoms with Gasteiger partial charge < -0.3 is 5.32 Å². The van der Waals surface area contributed by atoms with Gasteiger partial charge in [-0.15, -0.1) is 0 Å². The quantitative estimate of drug-likeness (QED) is 0.710. The van der Waals surface area contributed by atoms with Gasteiger partial charge in [-0.3, -0.25) is 14.5 Å². The van der Waals surface area contributed by atoms with Crippen molar-refractivity contribution >= 4 is 39.0 Å². The molecule has 2 saturated heterocycles. The Morgan fingerprint density at radius 1 is 1.13 bits per heavy atom. The number of rotatable bonds is 5. The van der Waals surface area contributed by atoms with E-state index >= 15 is 0 Å². The zero-order valence-corrected chi connectivity index (χ0v) is 18.9. The van der Waals surface area contributed by atoms with Crippen LogP contribution in [0.25, 0.3) is 0 Å². The Labute approximate surface area is 187 Å². The largest absolute Gasteiger partial charge is 0.348 e. The third-order valence-corrected chi connectivity index (χ3v) is 8.12. The van der Waals surface area contributed by atoms with Crippen molar-refractivity contribution in [1.82, 2.24) is 15.2 Å². The predicted octanol–water partition coefficient (Wildman–Crippen LogP) is 1.59. The lowest BCUT2D eigenvalue weighted by molar-refractivity contribution is -0.133. The Kier molecular flexibility index (Phi) is 6.64. The van der Waals surface area contributed by atoms with Crippen LogP contribution in [0.1, 0.15) is 37.7 Å². The topological polar surface area (TPSA) is 99.2 Å². The molecule has 1 aromatic carbocycles. The minimum atomic E-state index is -3.13. The maximum atomic E-state index is 12.7. The van der Waals surface area contributed by atoms with Crippen molar-refractivity contribution in [1.29, 1.82) is 0 Å². The number of nitrogens with zero attached hydrogens (tertiary/aromatic N) is 3. The van der Waals surface area contributed by atoms with Crippen molar-refractivity contribution in [2.24, 2.45) is 5.10 Å². The van der Waals surface area contributed by atoms with Gasteiger partial charge in [0.2, 0.25) is 5.91 Å². The van der Waals surface area contributed by atoms with Gasteiger partial charge in [0.25, 0.3) is 5.91 Å². The molecular weight excluding hydrogens is 440 g/mol. The van der Waals surface area contributed by atoms with Gasteiger partial charge in [0.1, 0.15) is 5.71 Å². The average Bonchev–Trinajstić information content (AvgIpc) is 3.11. The highest BCUT2D eigenvalue weighted by atomic mass is 35.5. The molecular formula is C21H27ClN4O4S. The van der Waals surface area contributed by atoms with E-state index in [9.17, 15) is 18.0 Å². The van der Waals surface area contributed by atoms with Crippen LogP contribution in [0.3, 0.4) is 0 Å². The smallest absolute Gasteiger partial charge is 0.267 e. The number of likely N-dealkylation sites (tertiary alicyclic amines) is 1. The average molecular weight is 467 g/mol. The van der Waals surface area contributed by atoms with E-state index in [0.29, 0.717) is 12.1 Å². The molecule has 0 spiro atoms. The Bertz CT molecular complexity index is 972. The lowest BCUT2D eigenvalue weighted by Crippen LogP contribution is -2.48. The van der Waals surface area contributed by atoms with E-state index in [2.05, 4.69) is 15.3 Å². The van der Waals surface area contributed by atoms with E-state index in [1.54, 1.807) is 0 Å². The summed E-state index contributed by atoms with van der Waals surface area (Å²) in [5, 5.41) is 9.27. The molecule has 10 heteroatoms. The first kappa shape index (κ1) is 22.2. The summed E-state index contributed by atoms with van der Waals surface area (Å²) in [5.41, 5.74) is 1.52. The van der Waals surface area contributed by atoms with Crippen molar-refractivity contribution in [3.8, 4) is 0 Å². The molecule has 1 N–H and O–H groups in total. The summed E-state index contributed by atoms with van der Waals surface area (Å²) in [4.78, 5) is 27.3. The Balaban J connectivity index is 1.29. The van der Waals surface area contributed by atoms with Crippen LogP contribution in [-0.4, -0.2) is 72.5 Å². The summed E-state index contributed by atoms with van der Waals surface area (Å²) in [5.74, 6) is -0.486. The van der Waals surface area contributed by atoms with Crippen LogP contribution in [-0.2, 0) is 26.0 Å². The highest BCUT2D eigenvalue weighted by Crippen LogP contribution is 2.22. The number of amides is 2. The molecule has 1 atom stereocenters. The van der Waals surface area contributed by atoms with E-state index in [1.165, 1.54) is 10.6 Å². The molecule has 2 amide bonds. The minimum absolute atomic E-state index is 0.0626. The maximum Gasteiger partial charge on any atom is 0.267 e. The molecule has 0 radical (unpaired) electrons. The zero-order valence-electron chi connectivity index (χ0n) is 17.3. The van der Waals surface area contributed by atoms with Crippen molar-refractivity contribution in [3.63, 3.8) is 0 Å². The standard InChI is InChI=1S/C21H27ClN4O4S/c22-16-3-1-15(2-4-16)13-25-10-7-17(8-11-25)23-21(28)19-5-6-20(27)26(24-19)18-9-12-31(29,30)14-18/h1-4,17-18H,5-14H2,(H,23,28)/t18-/m1/s1. The normalized spacial score (nSPS) is 24.8. The number of carbonyl (C=O) groups is 2. The molecule has 3 heterocycles. The highest BCUT2D eigenvalue weighted by molar-refractivity contribution is 7.91. The van der Waals surface area contributed by atoms with Gasteiger partial charge in [0.15, 0.2) is 9.84 Å². The van der Waals surface area contributed by atoms with Crippen molar-refractivity contribution in [3.05, 3.63) is 34.9 Å². The van der Waals surface area contributed by atoms with Crippen LogP contribution in [0.5, 0.6) is 0 Å². The summed E-state index contributed by atoms with van der Waals surface area (Å²) in [6.45, 7) is 2.61. The molecule has 2 fully saturated rings. The lowest BCUT2D eigenvalue weighted by atomic mass is 10.0. The number of hydrogen-bond donors (Lipinski definition) is 1. The monoisotopic (exact) mass is 466 g/mol. The van der Waals surface area contributed by atoms with Gasteiger partial charge >= 0.3 is 0 Å². The fourth-order valence-electron chi connectivity index (χ4n) is 4.34. The molecule has 0 unspecified atom stereocenters. The number of nitrogens with one attached hydrogen (secondary N) is 1. The molecule has 4 rings (SSSR count). The molecule has 8 nitrogen and oxygen atoms in total. The summed E-state index contributed by atoms with van der Waals surface area (Å²) in [7, 11) is -3.13. The third-order valence-electron chi connectivity index (χ3n) is 6.12. The van der Waals surface area contributed by atoms with Gasteiger partial charge in [0, 0.05) is 43.5 Å². The molecule has 1 aromatic rings. The summed E-state index contributed by atoms with van der Waals surface area (Å²) in [6, 6.07) is 7.44. The SMILES string of the molecule is O=C(NC1CCN(Cc2ccc(Cl)cc2)CC1)C1=NN([C@@H]2CCS(=O)(=O)C2)C(=O)CC1. The fourth-order valence-corrected chi connectivity index (χ4v) is 6.16. The van der Waals surface area contributed by atoms with Crippen LogP contribution in [0.15, 0.2) is 29.4 Å². The molecule has 31 heavy (non-hydrogen) atoms. The second kappa shape index (κ2) is 9.26. The zero-order chi connectivity index (χ0) is 22.0. The number of benzene rings is 1. The third kappa shape index (κ3) is 5.64. The molecule has 0 aliphatic carbocycles. The molecule has 3 aliphatic rings. The second-order valence-corrected chi connectivity index (χ2v) is 11.2. The van der Waals surface area contributed by atoms with Gasteiger partial charge in [-0.2, -0.15) is 5.10 Å². The van der Waals surface area contributed by atoms with E-state index in [0.717, 1.165) is 37.5 Å². The summed E-state index contributed by atoms with van der Waals surface area (Å²) < 4.78 is 23.5. The van der Waals surface area contributed by atoms with Crippen LogP contribution in [0.4, 0.5) is 0 Å². The fraction of sp³-hybridized carbons (Fsp3) is 0.571. The second-order valence-electron chi connectivity index (χ2n) is 8.49. The number of piperidine rings is 1. The number of halogens is 1. The number of hydrogen-bond acceptors (Lipinski definition) is 6. The van der Waals surface area contributed by atoms with Gasteiger partial charge in [0.05, 0.1) is 17.5 Å². The lowest BCUT2D eigenvalue weighted by Gasteiger charge is -2.33. The highest BCUT2D eigenvalue weighted by Gasteiger charge is 2.37. The number of carbonyl (C=O) groups excluding carboxylic acids is 2. The Morgan fingerprint density at radius 2 is 1.84 bits per heavy atom. The van der Waals surface area contributed by atoms with E-state index < -0.39 is 15.9 Å². The van der Waals surface area contributed by atoms with Crippen molar-refractivity contribution < 1.29 is 18.0 Å². The number of hydrazone groups is 1. The van der Waals surface area contributed by atoms with Crippen LogP contribution in [0.2, 0.25) is 5.02 Å². The Hall–Kier alpha value is -1.97. The molecule has 0 bridgehead atoms. The maximum absolute atomic E-state index is 12.7. The number of sulfone groups is 1. The summed E-state index contributed by atoms with van der Waals surface area (Å²) >= 11 is 5.94. The first-order valence-corrected chi connectivity index (χ1v) is 12.9. The van der Waals surface area contributed by atoms with Crippen molar-refractivity contribution in [2.75, 3.05) is 24.6 Å². The van der Waals surface area contributed by atoms with Gasteiger partial charge in [-0.25, -0.2) is 13.4 Å². The molecule has 168 valence electrons. The van der Waals surface area contributed by atoms with Crippen LogP contribution < -0.4 is 5.32 Å². The predicted molar refractivity (Wildman–Crippen MR) is 118 cm³/mol. The Morgan fingerprint density at radius 3 is 2.48 bits per heavy atom. The van der Waals surface area contributed by atoms with E-state index in [-0.39, 0.29) is 42.2 Å². The van der Waals surface area contributed by atoms with Crippen LogP contribution in [0, 0.1) is 0 Å². The van der Waals surface area contributed by atoms with Crippen LogP contribution >= 0.6 is 11.6 Å². The van der Waals surface area contributed by atoms with Crippen molar-refractivity contribution in [2.45, 2.75) is 50.7 Å². The van der Waals surface area contributed by atoms with Gasteiger partial charge in [-0.1, -0.05) is 23.7 Å². The summed E-state index contributed by atoms with van der Waals surface area (Å²) in [6.07, 6.45) is 2.53.